The van der Waals surface area contributed by atoms with E-state index in [1.54, 1.807) is 7.05 Å². The van der Waals surface area contributed by atoms with Crippen LogP contribution < -0.4 is 10.6 Å². The summed E-state index contributed by atoms with van der Waals surface area (Å²) in [5, 5.41) is 9.31. The number of aromatic carboxylic acids is 1. The summed E-state index contributed by atoms with van der Waals surface area (Å²) in [6.45, 7) is 0.142. The summed E-state index contributed by atoms with van der Waals surface area (Å²) in [5.74, 6) is -1.26. The Labute approximate surface area is 116 Å². The van der Waals surface area contributed by atoms with Gasteiger partial charge in [0.1, 0.15) is 9.84 Å². The Kier molecular flexibility index (Phi) is 4.65. The molecular formula is C11H15ClN2O4S. The van der Waals surface area contributed by atoms with Gasteiger partial charge >= 0.3 is 5.97 Å². The lowest BCUT2D eigenvalue weighted by atomic mass is 10.1. The van der Waals surface area contributed by atoms with Gasteiger partial charge in [0.05, 0.1) is 22.0 Å². The molecule has 19 heavy (non-hydrogen) atoms. The van der Waals surface area contributed by atoms with Gasteiger partial charge < -0.3 is 15.7 Å². The lowest BCUT2D eigenvalue weighted by Gasteiger charge is -2.22. The molecule has 6 nitrogen and oxygen atoms in total. The second kappa shape index (κ2) is 5.66. The monoisotopic (exact) mass is 306 g/mol. The fraction of sp³-hybridized carbons (Fsp3) is 0.364. The third-order valence-corrected chi connectivity index (χ3v) is 3.71. The number of hydrogen-bond donors (Lipinski definition) is 2. The normalized spacial score (nSPS) is 11.3. The summed E-state index contributed by atoms with van der Waals surface area (Å²) in [6, 6.07) is 2.72. The SMILES string of the molecule is CN(CCS(C)(=O)=O)c1c(Cl)cc(N)cc1C(=O)O. The molecule has 0 unspecified atom stereocenters. The van der Waals surface area contributed by atoms with Crippen molar-refractivity contribution in [3.8, 4) is 0 Å². The van der Waals surface area contributed by atoms with Crippen molar-refractivity contribution in [1.82, 2.24) is 0 Å². The lowest BCUT2D eigenvalue weighted by Crippen LogP contribution is -2.26. The minimum Gasteiger partial charge on any atom is -0.478 e. The van der Waals surface area contributed by atoms with Gasteiger partial charge in [-0.1, -0.05) is 11.6 Å². The van der Waals surface area contributed by atoms with Crippen LogP contribution in [0.4, 0.5) is 11.4 Å². The summed E-state index contributed by atoms with van der Waals surface area (Å²) < 4.78 is 22.3. The van der Waals surface area contributed by atoms with Crippen molar-refractivity contribution in [3.05, 3.63) is 22.7 Å². The van der Waals surface area contributed by atoms with Crippen LogP contribution in [-0.2, 0) is 9.84 Å². The summed E-state index contributed by atoms with van der Waals surface area (Å²) >= 11 is 5.99. The van der Waals surface area contributed by atoms with Gasteiger partial charge in [0.2, 0.25) is 0 Å². The maximum atomic E-state index is 11.2. The smallest absolute Gasteiger partial charge is 0.337 e. The van der Waals surface area contributed by atoms with Crippen LogP contribution in [0.5, 0.6) is 0 Å². The average molecular weight is 307 g/mol. The summed E-state index contributed by atoms with van der Waals surface area (Å²) in [6.07, 6.45) is 1.11. The highest BCUT2D eigenvalue weighted by Gasteiger charge is 2.19. The number of nitrogens with zero attached hydrogens (tertiary/aromatic N) is 1. The first kappa shape index (κ1) is 15.6. The quantitative estimate of drug-likeness (QED) is 0.790. The van der Waals surface area contributed by atoms with Crippen LogP contribution in [-0.4, -0.2) is 45.1 Å². The Hall–Kier alpha value is -1.47. The number of nitrogen functional groups attached to an aromatic ring is 1. The first-order valence-electron chi connectivity index (χ1n) is 5.33. The second-order valence-electron chi connectivity index (χ2n) is 4.26. The molecule has 0 aliphatic carbocycles. The molecule has 0 amide bonds. The highest BCUT2D eigenvalue weighted by molar-refractivity contribution is 7.90. The molecule has 106 valence electrons. The standard InChI is InChI=1S/C11H15ClN2O4S/c1-14(3-4-19(2,17)18)10-8(11(15)16)5-7(13)6-9(10)12/h5-6H,3-4,13H2,1-2H3,(H,15,16). The first-order valence-corrected chi connectivity index (χ1v) is 7.77. The van der Waals surface area contributed by atoms with Crippen LogP contribution in [0.3, 0.4) is 0 Å². The van der Waals surface area contributed by atoms with Crippen molar-refractivity contribution in [2.24, 2.45) is 0 Å². The predicted octanol–water partition coefficient (Wildman–Crippen LogP) is 1.10. The van der Waals surface area contributed by atoms with Crippen molar-refractivity contribution in [3.63, 3.8) is 0 Å². The van der Waals surface area contributed by atoms with E-state index < -0.39 is 15.8 Å². The second-order valence-corrected chi connectivity index (χ2v) is 6.92. The molecule has 0 bridgehead atoms. The van der Waals surface area contributed by atoms with Gasteiger partial charge in [-0.3, -0.25) is 0 Å². The highest BCUT2D eigenvalue weighted by Crippen LogP contribution is 2.31. The number of anilines is 2. The Balaban J connectivity index is 3.15. The van der Waals surface area contributed by atoms with Crippen LogP contribution in [0.15, 0.2) is 12.1 Å². The molecule has 0 atom stereocenters. The van der Waals surface area contributed by atoms with E-state index in [1.165, 1.54) is 17.0 Å². The Morgan fingerprint density at radius 3 is 2.53 bits per heavy atom. The maximum absolute atomic E-state index is 11.2. The lowest BCUT2D eigenvalue weighted by molar-refractivity contribution is 0.0697. The maximum Gasteiger partial charge on any atom is 0.337 e. The molecule has 0 fully saturated rings. The molecule has 1 aromatic carbocycles. The van der Waals surface area contributed by atoms with Crippen LogP contribution in [0.25, 0.3) is 0 Å². The van der Waals surface area contributed by atoms with Gasteiger partial charge in [0.25, 0.3) is 0 Å². The van der Waals surface area contributed by atoms with E-state index in [0.29, 0.717) is 0 Å². The van der Waals surface area contributed by atoms with E-state index in [4.69, 9.17) is 22.4 Å². The molecule has 0 aliphatic heterocycles. The molecular weight excluding hydrogens is 292 g/mol. The van der Waals surface area contributed by atoms with Crippen molar-refractivity contribution in [2.45, 2.75) is 0 Å². The average Bonchev–Trinajstić information content (AvgIpc) is 2.23. The van der Waals surface area contributed by atoms with Crippen LogP contribution in [0, 0.1) is 0 Å². The van der Waals surface area contributed by atoms with Crippen molar-refractivity contribution in [2.75, 3.05) is 36.2 Å². The third-order valence-electron chi connectivity index (χ3n) is 2.50. The molecule has 0 spiro atoms. The topological polar surface area (TPSA) is 101 Å². The number of carboxylic acids is 1. The van der Waals surface area contributed by atoms with Crippen molar-refractivity contribution < 1.29 is 18.3 Å². The molecule has 0 aliphatic rings. The zero-order valence-corrected chi connectivity index (χ0v) is 12.1. The number of sulfone groups is 1. The van der Waals surface area contributed by atoms with E-state index in [2.05, 4.69) is 0 Å². The number of rotatable bonds is 5. The molecule has 1 aromatic rings. The van der Waals surface area contributed by atoms with E-state index in [9.17, 15) is 13.2 Å². The van der Waals surface area contributed by atoms with E-state index in [-0.39, 0.29) is 34.3 Å². The number of carbonyl (C=O) groups is 1. The van der Waals surface area contributed by atoms with E-state index in [1.807, 2.05) is 0 Å². The number of halogens is 1. The van der Waals surface area contributed by atoms with Gasteiger partial charge in [-0.25, -0.2) is 13.2 Å². The number of benzene rings is 1. The predicted molar refractivity (Wildman–Crippen MR) is 75.8 cm³/mol. The summed E-state index contributed by atoms with van der Waals surface area (Å²) in [5.41, 5.74) is 5.99. The Morgan fingerprint density at radius 2 is 2.05 bits per heavy atom. The van der Waals surface area contributed by atoms with Gasteiger partial charge in [-0.2, -0.15) is 0 Å². The molecule has 0 radical (unpaired) electrons. The molecule has 0 saturated heterocycles. The van der Waals surface area contributed by atoms with Crippen LogP contribution in [0.2, 0.25) is 5.02 Å². The largest absolute Gasteiger partial charge is 0.478 e. The number of hydrogen-bond acceptors (Lipinski definition) is 5. The zero-order chi connectivity index (χ0) is 14.8. The van der Waals surface area contributed by atoms with Gasteiger partial charge in [-0.05, 0) is 12.1 Å². The fourth-order valence-electron chi connectivity index (χ4n) is 1.59. The molecule has 0 saturated carbocycles. The first-order chi connectivity index (χ1) is 8.61. The minimum atomic E-state index is -3.14. The van der Waals surface area contributed by atoms with Crippen molar-refractivity contribution in [1.29, 1.82) is 0 Å². The number of nitrogens with two attached hydrogens (primary N) is 1. The minimum absolute atomic E-state index is 0.0546. The number of carboxylic acid groups (broad SMARTS) is 1. The van der Waals surface area contributed by atoms with Gasteiger partial charge in [0.15, 0.2) is 0 Å². The van der Waals surface area contributed by atoms with Crippen LogP contribution >= 0.6 is 11.6 Å². The van der Waals surface area contributed by atoms with E-state index in [0.717, 1.165) is 6.26 Å². The highest BCUT2D eigenvalue weighted by atomic mass is 35.5. The van der Waals surface area contributed by atoms with Crippen LogP contribution in [0.1, 0.15) is 10.4 Å². The summed E-state index contributed by atoms with van der Waals surface area (Å²) in [7, 11) is -1.56. The molecule has 1 rings (SSSR count). The van der Waals surface area contributed by atoms with Crippen molar-refractivity contribution >= 4 is 38.8 Å². The van der Waals surface area contributed by atoms with Gasteiger partial charge in [0, 0.05) is 25.5 Å². The fourth-order valence-corrected chi connectivity index (χ4v) is 2.56. The van der Waals surface area contributed by atoms with E-state index >= 15 is 0 Å². The third kappa shape index (κ3) is 4.29. The molecule has 8 heteroatoms. The molecule has 0 aromatic heterocycles. The summed E-state index contributed by atoms with van der Waals surface area (Å²) in [4.78, 5) is 12.7. The molecule has 3 N–H and O–H groups in total. The zero-order valence-electron chi connectivity index (χ0n) is 10.6. The van der Waals surface area contributed by atoms with Gasteiger partial charge in [-0.15, -0.1) is 0 Å². The Morgan fingerprint density at radius 1 is 1.47 bits per heavy atom. The Bertz CT molecular complexity index is 601. The molecule has 0 heterocycles.